The Morgan fingerprint density at radius 1 is 0.918 bits per heavy atom. The number of allylic oxidation sites excluding steroid dienone is 3. The second-order valence-electron chi connectivity index (χ2n) is 14.4. The number of β-lactam (4-membered cyclic amide) rings is 1. The van der Waals surface area contributed by atoms with Crippen molar-refractivity contribution in [3.05, 3.63) is 185 Å². The molecule has 0 bridgehead atoms. The highest BCUT2D eigenvalue weighted by molar-refractivity contribution is 8.00. The lowest BCUT2D eigenvalue weighted by molar-refractivity contribution is -0.197. The summed E-state index contributed by atoms with van der Waals surface area (Å²) in [7, 11) is 3.03. The first kappa shape index (κ1) is 42.6. The van der Waals surface area contributed by atoms with Gasteiger partial charge < -0.3 is 29.7 Å². The number of nitrogens with zero attached hydrogens (tertiary/aromatic N) is 3. The summed E-state index contributed by atoms with van der Waals surface area (Å²) < 4.78 is 16.4. The monoisotopic (exact) mass is 855 g/mol. The number of rotatable bonds is 17. The van der Waals surface area contributed by atoms with Crippen LogP contribution >= 0.6 is 23.1 Å². The van der Waals surface area contributed by atoms with E-state index in [4.69, 9.17) is 24.0 Å². The molecule has 0 aliphatic carbocycles. The van der Waals surface area contributed by atoms with Crippen molar-refractivity contribution in [2.75, 3.05) is 25.3 Å². The Hall–Kier alpha value is -6.48. The van der Waals surface area contributed by atoms with Crippen LogP contribution in [-0.4, -0.2) is 70.6 Å². The summed E-state index contributed by atoms with van der Waals surface area (Å²) in [6, 6.07) is 36.4. The SMILES string of the molecule is C=C/C=C/C1=C(C(=O)OCc2ccc(OC)cc2)N2C(=O)C(NC(=O)/C(=N\OC(C)(C)OC)c3csc(NC(c4ccccc4)(c4ccccc4)c4ccccc4)n3)C2SC1. The number of esters is 1. The summed E-state index contributed by atoms with van der Waals surface area (Å²) in [5.41, 5.74) is 3.52. The maximum Gasteiger partial charge on any atom is 0.355 e. The number of methoxy groups -OCH3 is 2. The Morgan fingerprint density at radius 3 is 2.08 bits per heavy atom. The molecule has 2 unspecified atom stereocenters. The van der Waals surface area contributed by atoms with E-state index >= 15 is 0 Å². The first-order valence-electron chi connectivity index (χ1n) is 19.4. The van der Waals surface area contributed by atoms with E-state index in [0.717, 1.165) is 22.3 Å². The molecule has 1 fully saturated rings. The van der Waals surface area contributed by atoms with Gasteiger partial charge in [0.05, 0.1) is 7.11 Å². The largest absolute Gasteiger partial charge is 0.497 e. The van der Waals surface area contributed by atoms with Gasteiger partial charge in [-0.2, -0.15) is 0 Å². The maximum atomic E-state index is 14.3. The number of carbonyl (C=O) groups excluding carboxylic acids is 3. The van der Waals surface area contributed by atoms with Crippen molar-refractivity contribution in [2.45, 2.75) is 43.2 Å². The van der Waals surface area contributed by atoms with Crippen LogP contribution in [0.3, 0.4) is 0 Å². The van der Waals surface area contributed by atoms with E-state index in [0.29, 0.717) is 22.2 Å². The molecule has 4 aromatic carbocycles. The van der Waals surface area contributed by atoms with Gasteiger partial charge in [0, 0.05) is 32.1 Å². The molecule has 0 spiro atoms. The molecule has 12 nitrogen and oxygen atoms in total. The van der Waals surface area contributed by atoms with Crippen molar-refractivity contribution in [3.8, 4) is 5.75 Å². The van der Waals surface area contributed by atoms with Gasteiger partial charge in [0.25, 0.3) is 11.8 Å². The number of thioether (sulfide) groups is 1. The Labute approximate surface area is 363 Å². The number of carbonyl (C=O) groups is 3. The third-order valence-electron chi connectivity index (χ3n) is 10.2. The van der Waals surface area contributed by atoms with E-state index in [1.165, 1.54) is 35.1 Å². The Morgan fingerprint density at radius 2 is 1.52 bits per heavy atom. The molecule has 312 valence electrons. The van der Waals surface area contributed by atoms with Crippen molar-refractivity contribution >= 4 is 51.7 Å². The number of anilines is 1. The molecule has 61 heavy (non-hydrogen) atoms. The molecule has 0 radical (unpaired) electrons. The number of hydrogen-bond donors (Lipinski definition) is 2. The Kier molecular flexibility index (Phi) is 13.2. The van der Waals surface area contributed by atoms with Crippen LogP contribution in [0, 0.1) is 0 Å². The van der Waals surface area contributed by atoms with E-state index in [1.54, 1.807) is 68.8 Å². The van der Waals surface area contributed by atoms with Gasteiger partial charge >= 0.3 is 5.97 Å². The number of fused-ring (bicyclic) bond motifs is 1. The van der Waals surface area contributed by atoms with E-state index < -0.39 is 40.5 Å². The molecule has 14 heteroatoms. The highest BCUT2D eigenvalue weighted by atomic mass is 32.2. The fourth-order valence-electron chi connectivity index (χ4n) is 6.87. The van der Waals surface area contributed by atoms with Crippen LogP contribution in [0.4, 0.5) is 5.13 Å². The van der Waals surface area contributed by atoms with Crippen LogP contribution in [0.2, 0.25) is 0 Å². The van der Waals surface area contributed by atoms with E-state index in [2.05, 4.69) is 58.8 Å². The molecule has 5 aromatic rings. The fourth-order valence-corrected chi connectivity index (χ4v) is 8.94. The predicted molar refractivity (Wildman–Crippen MR) is 238 cm³/mol. The van der Waals surface area contributed by atoms with Crippen LogP contribution in [0.5, 0.6) is 5.75 Å². The molecule has 2 atom stereocenters. The lowest BCUT2D eigenvalue weighted by Gasteiger charge is -2.49. The van der Waals surface area contributed by atoms with Crippen LogP contribution in [0.1, 0.15) is 41.8 Å². The van der Waals surface area contributed by atoms with Gasteiger partial charge in [-0.15, -0.1) is 23.1 Å². The van der Waals surface area contributed by atoms with Gasteiger partial charge in [-0.25, -0.2) is 9.78 Å². The van der Waals surface area contributed by atoms with Crippen molar-refractivity contribution in [3.63, 3.8) is 0 Å². The molecule has 1 saturated heterocycles. The zero-order valence-corrected chi connectivity index (χ0v) is 35.7. The second kappa shape index (κ2) is 18.8. The van der Waals surface area contributed by atoms with Crippen molar-refractivity contribution in [1.82, 2.24) is 15.2 Å². The topological polar surface area (TPSA) is 141 Å². The minimum Gasteiger partial charge on any atom is -0.497 e. The molecule has 0 saturated carbocycles. The normalized spacial score (nSPS) is 16.7. The number of oxime groups is 1. The molecule has 2 amide bonds. The van der Waals surface area contributed by atoms with E-state index in [1.807, 2.05) is 54.6 Å². The molecular weight excluding hydrogens is 811 g/mol. The number of benzene rings is 4. The summed E-state index contributed by atoms with van der Waals surface area (Å²) in [4.78, 5) is 54.0. The average molecular weight is 856 g/mol. The Balaban J connectivity index is 1.17. The number of aromatic nitrogens is 1. The zero-order chi connectivity index (χ0) is 43.0. The second-order valence-corrected chi connectivity index (χ2v) is 16.4. The van der Waals surface area contributed by atoms with Gasteiger partial charge in [0.1, 0.15) is 40.7 Å². The number of hydrogen-bond acceptors (Lipinski definition) is 12. The van der Waals surface area contributed by atoms with Gasteiger partial charge in [0.2, 0.25) is 5.79 Å². The molecule has 1 aromatic heterocycles. The summed E-state index contributed by atoms with van der Waals surface area (Å²) in [6.45, 7) is 7.03. The third-order valence-corrected chi connectivity index (χ3v) is 12.2. The quantitative estimate of drug-likeness (QED) is 0.0181. The molecule has 3 heterocycles. The number of ether oxygens (including phenoxy) is 3. The summed E-state index contributed by atoms with van der Waals surface area (Å²) in [5, 5.41) is 12.5. The smallest absolute Gasteiger partial charge is 0.355 e. The number of thiazole rings is 1. The average Bonchev–Trinajstić information content (AvgIpc) is 3.76. The molecule has 2 aliphatic heterocycles. The predicted octanol–water partition coefficient (Wildman–Crippen LogP) is 7.80. The van der Waals surface area contributed by atoms with Crippen LogP contribution in [0.25, 0.3) is 0 Å². The van der Waals surface area contributed by atoms with Crippen molar-refractivity contribution in [2.24, 2.45) is 5.16 Å². The standard InChI is InChI=1S/C47H45N5O7S2/c1-6-7-17-32-29-60-43-39(42(54)52(43)40(32)44(55)58-28-31-24-26-36(56-4)27-25-31)49-41(53)38(51-59-46(2,3)57-5)37-30-61-45(48-37)50-47(33-18-11-8-12-19-33,34-20-13-9-14-21-34)35-22-15-10-16-23-35/h6-27,30,39,43H,1,28-29H2,2-5H3,(H,48,50)(H,49,53)/b17-7+,51-38-. The van der Waals surface area contributed by atoms with Crippen molar-refractivity contribution in [1.29, 1.82) is 0 Å². The summed E-state index contributed by atoms with van der Waals surface area (Å²) in [5.74, 6) is -2.01. The van der Waals surface area contributed by atoms with Gasteiger partial charge in [0.15, 0.2) is 10.8 Å². The lowest BCUT2D eigenvalue weighted by Crippen LogP contribution is -2.71. The van der Waals surface area contributed by atoms with Crippen LogP contribution in [0.15, 0.2) is 162 Å². The van der Waals surface area contributed by atoms with Gasteiger partial charge in [-0.3, -0.25) is 14.5 Å². The lowest BCUT2D eigenvalue weighted by atomic mass is 9.77. The minimum atomic E-state index is -1.20. The first-order valence-corrected chi connectivity index (χ1v) is 21.3. The maximum absolute atomic E-state index is 14.3. The highest BCUT2D eigenvalue weighted by Crippen LogP contribution is 2.42. The highest BCUT2D eigenvalue weighted by Gasteiger charge is 2.54. The fraction of sp³-hybridized carbons (Fsp3) is 0.213. The van der Waals surface area contributed by atoms with Crippen LogP contribution < -0.4 is 15.4 Å². The molecule has 2 aliphatic rings. The van der Waals surface area contributed by atoms with E-state index in [-0.39, 0.29) is 23.7 Å². The number of nitrogens with one attached hydrogen (secondary N) is 2. The molecule has 2 N–H and O–H groups in total. The van der Waals surface area contributed by atoms with Crippen molar-refractivity contribution < 1.29 is 33.4 Å². The van der Waals surface area contributed by atoms with E-state index in [9.17, 15) is 14.4 Å². The summed E-state index contributed by atoms with van der Waals surface area (Å²) >= 11 is 2.70. The Bertz CT molecular complexity index is 2360. The van der Waals surface area contributed by atoms with Gasteiger partial charge in [-0.05, 0) is 40.0 Å². The summed E-state index contributed by atoms with van der Waals surface area (Å²) in [6.07, 6.45) is 5.01. The third kappa shape index (κ3) is 9.16. The molecule has 7 rings (SSSR count). The molecular formula is C47H45N5O7S2. The minimum absolute atomic E-state index is 0.0178. The zero-order valence-electron chi connectivity index (χ0n) is 34.1. The first-order chi connectivity index (χ1) is 29.6. The van der Waals surface area contributed by atoms with Gasteiger partial charge in [-0.1, -0.05) is 133 Å². The number of amides is 2. The van der Waals surface area contributed by atoms with Crippen LogP contribution in [-0.2, 0) is 40.8 Å².